The number of nitrogens with zero attached hydrogens (tertiary/aromatic N) is 1. The van der Waals surface area contributed by atoms with Crippen molar-refractivity contribution < 1.29 is 0 Å². The van der Waals surface area contributed by atoms with Gasteiger partial charge in [-0.05, 0) is 25.7 Å². The van der Waals surface area contributed by atoms with Gasteiger partial charge in [0.2, 0.25) is 0 Å². The number of thioether (sulfide) groups is 4. The molecule has 0 atom stereocenters. The van der Waals surface area contributed by atoms with E-state index < -0.39 is 0 Å². The van der Waals surface area contributed by atoms with E-state index in [1.807, 2.05) is 24.5 Å². The molecule has 0 aliphatic heterocycles. The first-order valence-electron chi connectivity index (χ1n) is 11.4. The van der Waals surface area contributed by atoms with E-state index in [9.17, 15) is 0 Å². The molecule has 0 saturated heterocycles. The molecule has 1 rings (SSSR count). The Hall–Kier alpha value is 0.690. The Labute approximate surface area is 244 Å². The monoisotopic (exact) mass is 595 g/mol. The van der Waals surface area contributed by atoms with Crippen LogP contribution in [0, 0.1) is 0 Å². The Morgan fingerprint density at radius 2 is 1.12 bits per heavy atom. The summed E-state index contributed by atoms with van der Waals surface area (Å²) in [4.78, 5) is 2.21. The summed E-state index contributed by atoms with van der Waals surface area (Å²) in [6.07, 6.45) is 2.01. The third kappa shape index (κ3) is 23.1. The van der Waals surface area contributed by atoms with Crippen LogP contribution >= 0.6 is 83.7 Å². The van der Waals surface area contributed by atoms with Crippen molar-refractivity contribution in [3.05, 3.63) is 35.9 Å². The number of hydrogen-bond acceptors (Lipinski definition) is 7. The molecule has 0 spiro atoms. The summed E-state index contributed by atoms with van der Waals surface area (Å²) in [6.45, 7) is 25.9. The lowest BCUT2D eigenvalue weighted by Crippen LogP contribution is -2.29. The average Bonchev–Trinajstić information content (AvgIpc) is 2.66. The third-order valence-corrected chi connectivity index (χ3v) is 9.06. The summed E-state index contributed by atoms with van der Waals surface area (Å²) in [5.74, 6) is 0. The maximum atomic E-state index is 5.33. The van der Waals surface area contributed by atoms with E-state index in [1.54, 1.807) is 47.0 Å². The summed E-state index contributed by atoms with van der Waals surface area (Å²) in [7, 11) is 0. The lowest BCUT2D eigenvalue weighted by Gasteiger charge is -2.26. The molecule has 196 valence electrons. The predicted octanol–water partition coefficient (Wildman–Crippen LogP) is 10.2. The molecular weight excluding hydrogens is 551 g/mol. The SMILES string of the molecule is CC(C)(C)SC(=S)c1ccccc1.CCN(CC)C(=S)SC(C)(C)C.CSC(=S)SC(C)(C)C. The summed E-state index contributed by atoms with van der Waals surface area (Å²) < 4.78 is 3.75. The van der Waals surface area contributed by atoms with Crippen molar-refractivity contribution in [2.75, 3.05) is 19.3 Å². The molecule has 34 heavy (non-hydrogen) atoms. The molecule has 0 heterocycles. The minimum atomic E-state index is 0.201. The van der Waals surface area contributed by atoms with Gasteiger partial charge >= 0.3 is 0 Å². The summed E-state index contributed by atoms with van der Waals surface area (Å²) in [5.41, 5.74) is 1.15. The summed E-state index contributed by atoms with van der Waals surface area (Å²) >= 11 is 22.6. The van der Waals surface area contributed by atoms with Crippen molar-refractivity contribution in [3.8, 4) is 0 Å². The van der Waals surface area contributed by atoms with E-state index >= 15 is 0 Å². The maximum absolute atomic E-state index is 5.33. The van der Waals surface area contributed by atoms with Crippen LogP contribution < -0.4 is 0 Å². The molecule has 1 nitrogen and oxygen atoms in total. The van der Waals surface area contributed by atoms with Crippen LogP contribution in [0.5, 0.6) is 0 Å². The number of thiocarbonyl (C=S) groups is 3. The second kappa shape index (κ2) is 18.0. The molecule has 0 bridgehead atoms. The van der Waals surface area contributed by atoms with E-state index in [0.29, 0.717) is 0 Å². The second-order valence-electron chi connectivity index (χ2n) is 10.2. The standard InChI is InChI=1S/C11H14S2.C9H19NS2.C6H12S3/c1-11(2,3)13-10(12)9-7-5-4-6-8-9;1-6-10(7-2)8(11)12-9(3,4)5;1-6(2,3)9-5(7)8-4/h4-8H,1-3H3;6-7H2,1-5H3;1-4H3. The molecule has 0 aromatic heterocycles. The molecule has 0 radical (unpaired) electrons. The number of hydrogen-bond donors (Lipinski definition) is 0. The zero-order chi connectivity index (χ0) is 27.2. The molecule has 1 aromatic rings. The van der Waals surface area contributed by atoms with E-state index in [4.69, 9.17) is 36.7 Å². The quantitative estimate of drug-likeness (QED) is 0.313. The zero-order valence-corrected chi connectivity index (χ0v) is 28.8. The lowest BCUT2D eigenvalue weighted by atomic mass is 10.2. The fourth-order valence-electron chi connectivity index (χ4n) is 2.01. The Kier molecular flexibility index (Phi) is 19.5. The van der Waals surface area contributed by atoms with Gasteiger partial charge in [0.15, 0.2) is 0 Å². The Bertz CT molecular complexity index is 722. The Balaban J connectivity index is 0. The van der Waals surface area contributed by atoms with Gasteiger partial charge in [0, 0.05) is 27.3 Å². The zero-order valence-electron chi connectivity index (χ0n) is 23.1. The van der Waals surface area contributed by atoms with Crippen LogP contribution in [0.25, 0.3) is 0 Å². The average molecular weight is 596 g/mol. The Morgan fingerprint density at radius 1 is 0.706 bits per heavy atom. The smallest absolute Gasteiger partial charge is 0.136 e. The highest BCUT2D eigenvalue weighted by Gasteiger charge is 2.17. The van der Waals surface area contributed by atoms with Crippen LogP contribution in [0.1, 0.15) is 81.7 Å². The molecule has 0 unspecified atom stereocenters. The molecule has 1 aromatic carbocycles. The molecule has 0 fully saturated rings. The molecule has 8 heteroatoms. The molecule has 0 amide bonds. The van der Waals surface area contributed by atoms with E-state index in [0.717, 1.165) is 30.7 Å². The molecule has 0 aliphatic rings. The first-order chi connectivity index (χ1) is 15.3. The highest BCUT2D eigenvalue weighted by Crippen LogP contribution is 2.29. The van der Waals surface area contributed by atoms with E-state index in [2.05, 4.69) is 93.2 Å². The van der Waals surface area contributed by atoms with Crippen molar-refractivity contribution in [3.63, 3.8) is 0 Å². The minimum Gasteiger partial charge on any atom is -0.358 e. The molecule has 0 N–H and O–H groups in total. The van der Waals surface area contributed by atoms with Crippen molar-refractivity contribution in [2.45, 2.75) is 90.4 Å². The second-order valence-corrected chi connectivity index (χ2v) is 19.0. The van der Waals surface area contributed by atoms with Crippen LogP contribution in [0.15, 0.2) is 30.3 Å². The fraction of sp³-hybridized carbons (Fsp3) is 0.654. The first kappa shape index (κ1) is 36.8. The maximum Gasteiger partial charge on any atom is 0.136 e. The van der Waals surface area contributed by atoms with Crippen molar-refractivity contribution in [1.29, 1.82) is 0 Å². The van der Waals surface area contributed by atoms with Crippen LogP contribution in [0.2, 0.25) is 0 Å². The number of benzene rings is 1. The summed E-state index contributed by atoms with van der Waals surface area (Å²) in [5, 5.41) is 0. The van der Waals surface area contributed by atoms with Gasteiger partial charge in [-0.3, -0.25) is 0 Å². The highest BCUT2D eigenvalue weighted by atomic mass is 32.2. The normalized spacial score (nSPS) is 11.4. The van der Waals surface area contributed by atoms with E-state index in [-0.39, 0.29) is 14.2 Å². The highest BCUT2D eigenvalue weighted by molar-refractivity contribution is 8.47. The van der Waals surface area contributed by atoms with Crippen LogP contribution in [-0.4, -0.2) is 50.5 Å². The van der Waals surface area contributed by atoms with Crippen LogP contribution in [-0.2, 0) is 0 Å². The van der Waals surface area contributed by atoms with Gasteiger partial charge in [-0.25, -0.2) is 0 Å². The van der Waals surface area contributed by atoms with Crippen molar-refractivity contribution in [2.24, 2.45) is 0 Å². The van der Waals surface area contributed by atoms with Gasteiger partial charge in [0.25, 0.3) is 0 Å². The molecular formula is C26H45NS7. The minimum absolute atomic E-state index is 0.201. The lowest BCUT2D eigenvalue weighted by molar-refractivity contribution is 0.482. The van der Waals surface area contributed by atoms with Crippen molar-refractivity contribution >= 4 is 95.7 Å². The number of rotatable bonds is 3. The van der Waals surface area contributed by atoms with Gasteiger partial charge in [0.05, 0.1) is 4.20 Å². The van der Waals surface area contributed by atoms with Gasteiger partial charge in [-0.1, -0.05) is 141 Å². The summed E-state index contributed by atoms with van der Waals surface area (Å²) in [6, 6.07) is 10.2. The predicted molar refractivity (Wildman–Crippen MR) is 182 cm³/mol. The van der Waals surface area contributed by atoms with Gasteiger partial charge < -0.3 is 4.90 Å². The molecule has 0 aliphatic carbocycles. The van der Waals surface area contributed by atoms with Crippen LogP contribution in [0.4, 0.5) is 0 Å². The fourth-order valence-corrected chi connectivity index (χ4v) is 7.96. The first-order valence-corrected chi connectivity index (χ1v) is 16.3. The topological polar surface area (TPSA) is 3.24 Å². The van der Waals surface area contributed by atoms with Gasteiger partial charge in [-0.15, -0.1) is 35.3 Å². The largest absolute Gasteiger partial charge is 0.358 e. The molecule has 0 saturated carbocycles. The third-order valence-electron chi connectivity index (χ3n) is 3.38. The van der Waals surface area contributed by atoms with E-state index in [1.165, 1.54) is 0 Å². The van der Waals surface area contributed by atoms with Gasteiger partial charge in [-0.2, -0.15) is 0 Å². The van der Waals surface area contributed by atoms with Gasteiger partial charge in [0.1, 0.15) is 7.85 Å². The Morgan fingerprint density at radius 3 is 1.41 bits per heavy atom. The van der Waals surface area contributed by atoms with Crippen LogP contribution in [0.3, 0.4) is 0 Å². The van der Waals surface area contributed by atoms with Crippen molar-refractivity contribution in [1.82, 2.24) is 4.90 Å².